The number of allylic oxidation sites excluding steroid dienone is 8. The second kappa shape index (κ2) is 11.9. The van der Waals surface area contributed by atoms with Crippen molar-refractivity contribution in [1.82, 2.24) is 4.67 Å². The van der Waals surface area contributed by atoms with Crippen molar-refractivity contribution >= 4 is 47.8 Å². The van der Waals surface area contributed by atoms with Crippen molar-refractivity contribution < 1.29 is 0 Å². The maximum Gasteiger partial charge on any atom is 0.0859 e. The Morgan fingerprint density at radius 3 is 1.86 bits per heavy atom. The smallest absolute Gasteiger partial charge is 0.0859 e. The molecular weight excluding hydrogens is 447 g/mol. The summed E-state index contributed by atoms with van der Waals surface area (Å²) in [7, 11) is -0.802. The molecular formula is C22H28Cl3NP2. The van der Waals surface area contributed by atoms with Crippen LogP contribution in [0.5, 0.6) is 0 Å². The quantitative estimate of drug-likeness (QED) is 0.356. The fourth-order valence-electron chi connectivity index (χ4n) is 2.85. The molecule has 0 N–H and O–H groups in total. The minimum Gasteiger partial charge on any atom is -0.260 e. The fourth-order valence-corrected chi connectivity index (χ4v) is 8.20. The molecule has 1 nitrogen and oxygen atoms in total. The van der Waals surface area contributed by atoms with E-state index in [1.807, 2.05) is 12.2 Å². The zero-order valence-electron chi connectivity index (χ0n) is 16.6. The van der Waals surface area contributed by atoms with Gasteiger partial charge in [-0.2, -0.15) is 0 Å². The molecule has 1 aromatic carbocycles. The Morgan fingerprint density at radius 2 is 1.36 bits per heavy atom. The van der Waals surface area contributed by atoms with E-state index < -0.39 is 14.1 Å². The van der Waals surface area contributed by atoms with Gasteiger partial charge < -0.3 is 0 Å². The van der Waals surface area contributed by atoms with Crippen molar-refractivity contribution in [3.63, 3.8) is 0 Å². The number of hydrogen-bond acceptors (Lipinski definition) is 1. The van der Waals surface area contributed by atoms with E-state index in [0.717, 1.165) is 18.9 Å². The molecule has 0 amide bonds. The molecule has 0 radical (unpaired) electrons. The number of nitrogens with zero attached hydrogens (tertiary/aromatic N) is 1. The van der Waals surface area contributed by atoms with Crippen LogP contribution in [0.3, 0.4) is 0 Å². The molecule has 0 heterocycles. The molecule has 0 fully saturated rings. The number of halogens is 3. The van der Waals surface area contributed by atoms with Crippen LogP contribution in [0, 0.1) is 0 Å². The van der Waals surface area contributed by atoms with E-state index in [4.69, 9.17) is 33.7 Å². The first-order valence-electron chi connectivity index (χ1n) is 9.34. The molecule has 0 bridgehead atoms. The van der Waals surface area contributed by atoms with E-state index >= 15 is 0 Å². The van der Waals surface area contributed by atoms with Crippen LogP contribution < -0.4 is 0 Å². The molecule has 2 unspecified atom stereocenters. The molecule has 2 atom stereocenters. The average molecular weight is 475 g/mol. The Balaban J connectivity index is 2.11. The molecule has 0 aliphatic heterocycles. The molecule has 0 spiro atoms. The van der Waals surface area contributed by atoms with Gasteiger partial charge in [0, 0.05) is 30.3 Å². The highest BCUT2D eigenvalue weighted by Crippen LogP contribution is 2.55. The summed E-state index contributed by atoms with van der Waals surface area (Å²) in [6, 6.07) is 8.86. The first kappa shape index (κ1) is 24.1. The van der Waals surface area contributed by atoms with Crippen LogP contribution in [-0.4, -0.2) is 22.5 Å². The predicted octanol–water partition coefficient (Wildman–Crippen LogP) is 8.95. The molecule has 6 heteroatoms. The molecule has 1 aliphatic rings. The summed E-state index contributed by atoms with van der Waals surface area (Å²) in [4.78, 5) is 0. The maximum atomic E-state index is 6.78. The second-order valence-electron chi connectivity index (χ2n) is 7.62. The van der Waals surface area contributed by atoms with Crippen molar-refractivity contribution in [3.8, 4) is 0 Å². The zero-order chi connectivity index (χ0) is 20.6. The van der Waals surface area contributed by atoms with Crippen molar-refractivity contribution in [3.05, 3.63) is 84.0 Å². The number of benzene rings is 1. The Kier molecular flexibility index (Phi) is 10.3. The second-order valence-corrected chi connectivity index (χ2v) is 14.4. The van der Waals surface area contributed by atoms with Crippen LogP contribution in [0.1, 0.15) is 37.8 Å². The van der Waals surface area contributed by atoms with Gasteiger partial charge in [0.05, 0.1) is 14.1 Å². The van der Waals surface area contributed by atoms with Crippen LogP contribution in [0.4, 0.5) is 0 Å². The summed E-state index contributed by atoms with van der Waals surface area (Å²) in [5, 5.41) is 0. The minimum absolute atomic E-state index is 0.0184. The Bertz CT molecular complexity index is 696. The van der Waals surface area contributed by atoms with Crippen LogP contribution >= 0.6 is 47.8 Å². The lowest BCUT2D eigenvalue weighted by molar-refractivity contribution is 0.259. The van der Waals surface area contributed by atoms with E-state index in [-0.39, 0.29) is 11.5 Å². The van der Waals surface area contributed by atoms with E-state index in [1.54, 1.807) is 0 Å². The minimum atomic E-state index is -0.944. The SMILES string of the molecule is CC(C)(C)N(Cc1ccc(C2C=C\C=C/C=C\C=C/2)cc1)P(Cl)CCP(Cl)Cl. The Hall–Kier alpha value is -0.130. The van der Waals surface area contributed by atoms with Crippen molar-refractivity contribution in [2.24, 2.45) is 0 Å². The van der Waals surface area contributed by atoms with Crippen LogP contribution in [-0.2, 0) is 6.54 Å². The van der Waals surface area contributed by atoms with Crippen LogP contribution in [0.25, 0.3) is 0 Å². The molecule has 2 rings (SSSR count). The highest BCUT2D eigenvalue weighted by molar-refractivity contribution is 8.04. The Morgan fingerprint density at radius 1 is 0.821 bits per heavy atom. The molecule has 152 valence electrons. The lowest BCUT2D eigenvalue weighted by Gasteiger charge is -2.38. The van der Waals surface area contributed by atoms with Crippen molar-refractivity contribution in [2.75, 3.05) is 12.3 Å². The molecule has 0 saturated carbocycles. The summed E-state index contributed by atoms with van der Waals surface area (Å²) < 4.78 is 2.38. The van der Waals surface area contributed by atoms with Crippen LogP contribution in [0.15, 0.2) is 72.9 Å². The van der Waals surface area contributed by atoms with Gasteiger partial charge in [0.15, 0.2) is 0 Å². The van der Waals surface area contributed by atoms with Gasteiger partial charge in [-0.1, -0.05) is 107 Å². The van der Waals surface area contributed by atoms with E-state index in [2.05, 4.69) is 86.2 Å². The number of rotatable bonds is 7. The topological polar surface area (TPSA) is 3.24 Å². The van der Waals surface area contributed by atoms with Gasteiger partial charge in [-0.3, -0.25) is 4.67 Å². The molecule has 1 aliphatic carbocycles. The van der Waals surface area contributed by atoms with Gasteiger partial charge in [0.1, 0.15) is 0 Å². The standard InChI is InChI=1S/C22H28Cl3NP2/c1-22(2,3)26(28(25)17-16-27(23)24)18-19-12-14-21(15-13-19)20-10-8-6-4-5-7-9-11-20/h4-15,20H,16-18H2,1-3H3/b6-4-,7-5-,10-8-,11-9?. The van der Waals surface area contributed by atoms with Gasteiger partial charge in [-0.15, -0.1) is 0 Å². The maximum absolute atomic E-state index is 6.78. The van der Waals surface area contributed by atoms with E-state index in [0.29, 0.717) is 0 Å². The number of hydrogen-bond donors (Lipinski definition) is 0. The molecule has 28 heavy (non-hydrogen) atoms. The lowest BCUT2D eigenvalue weighted by atomic mass is 9.96. The molecule has 1 aromatic rings. The monoisotopic (exact) mass is 473 g/mol. The summed E-state index contributed by atoms with van der Waals surface area (Å²) in [5.74, 6) is 0.275. The highest BCUT2D eigenvalue weighted by atomic mass is 35.9. The Labute approximate surface area is 187 Å². The van der Waals surface area contributed by atoms with Crippen molar-refractivity contribution in [1.29, 1.82) is 0 Å². The van der Waals surface area contributed by atoms with Gasteiger partial charge in [0.2, 0.25) is 0 Å². The fraction of sp³-hybridized carbons (Fsp3) is 0.364. The zero-order valence-corrected chi connectivity index (χ0v) is 20.7. The van der Waals surface area contributed by atoms with Gasteiger partial charge in [-0.25, -0.2) is 0 Å². The summed E-state index contributed by atoms with van der Waals surface area (Å²) in [6.45, 7) is 6.50. The third kappa shape index (κ3) is 8.31. The third-order valence-electron chi connectivity index (χ3n) is 4.38. The van der Waals surface area contributed by atoms with Crippen LogP contribution in [0.2, 0.25) is 0 Å². The summed E-state index contributed by atoms with van der Waals surface area (Å²) >= 11 is 18.7. The first-order valence-corrected chi connectivity index (χ1v) is 15.1. The molecule has 0 saturated heterocycles. The van der Waals surface area contributed by atoms with E-state index in [9.17, 15) is 0 Å². The van der Waals surface area contributed by atoms with E-state index in [1.165, 1.54) is 11.1 Å². The van der Waals surface area contributed by atoms with Crippen molar-refractivity contribution in [2.45, 2.75) is 38.8 Å². The molecule has 0 aromatic heterocycles. The highest BCUT2D eigenvalue weighted by Gasteiger charge is 2.28. The predicted molar refractivity (Wildman–Crippen MR) is 132 cm³/mol. The normalized spacial score (nSPS) is 21.8. The summed E-state index contributed by atoms with van der Waals surface area (Å²) in [6.07, 6.45) is 18.4. The first-order chi connectivity index (χ1) is 13.3. The lowest BCUT2D eigenvalue weighted by Crippen LogP contribution is -2.36. The van der Waals surface area contributed by atoms with Gasteiger partial charge in [0.25, 0.3) is 0 Å². The average Bonchev–Trinajstić information content (AvgIpc) is 2.77. The third-order valence-corrected chi connectivity index (χ3v) is 9.22. The largest absolute Gasteiger partial charge is 0.260 e. The summed E-state index contributed by atoms with van der Waals surface area (Å²) in [5.41, 5.74) is 2.53. The van der Waals surface area contributed by atoms with Gasteiger partial charge >= 0.3 is 0 Å². The van der Waals surface area contributed by atoms with Gasteiger partial charge in [-0.05, 0) is 31.9 Å².